The number of aromatic amines is 1. The molecule has 0 bridgehead atoms. The molecule has 2 N–H and O–H groups in total. The predicted octanol–water partition coefficient (Wildman–Crippen LogP) is 2.86. The maximum absolute atomic E-state index is 5.28. The third kappa shape index (κ3) is 2.65. The Morgan fingerprint density at radius 1 is 1.20 bits per heavy atom. The molecule has 0 amide bonds. The smallest absolute Gasteiger partial charge is 0.119 e. The van der Waals surface area contributed by atoms with E-state index >= 15 is 0 Å². The monoisotopic (exact) mass is 267 g/mol. The molecule has 0 saturated heterocycles. The summed E-state index contributed by atoms with van der Waals surface area (Å²) in [7, 11) is 1.69. The number of fused-ring (bicyclic) bond motifs is 1. The number of aromatic nitrogens is 2. The van der Waals surface area contributed by atoms with E-state index in [1.165, 1.54) is 10.9 Å². The Bertz CT molecular complexity index is 691. The normalized spacial score (nSPS) is 10.8. The van der Waals surface area contributed by atoms with Crippen LogP contribution in [0.25, 0.3) is 10.9 Å². The van der Waals surface area contributed by atoms with E-state index in [0.717, 1.165) is 30.0 Å². The van der Waals surface area contributed by atoms with Crippen LogP contribution in [0.2, 0.25) is 0 Å². The van der Waals surface area contributed by atoms with Gasteiger partial charge in [-0.2, -0.15) is 0 Å². The molecule has 0 aliphatic rings. The van der Waals surface area contributed by atoms with Gasteiger partial charge in [0.25, 0.3) is 0 Å². The maximum Gasteiger partial charge on any atom is 0.119 e. The van der Waals surface area contributed by atoms with Crippen molar-refractivity contribution >= 4 is 10.9 Å². The largest absolute Gasteiger partial charge is 0.497 e. The second kappa shape index (κ2) is 5.75. The predicted molar refractivity (Wildman–Crippen MR) is 79.6 cm³/mol. The second-order valence-corrected chi connectivity index (χ2v) is 4.65. The van der Waals surface area contributed by atoms with Gasteiger partial charge >= 0.3 is 0 Å². The Kier molecular flexibility index (Phi) is 3.65. The topological polar surface area (TPSA) is 49.9 Å². The molecule has 4 nitrogen and oxygen atoms in total. The summed E-state index contributed by atoms with van der Waals surface area (Å²) in [5, 5.41) is 4.60. The molecule has 0 atom stereocenters. The maximum atomic E-state index is 5.28. The average molecular weight is 267 g/mol. The van der Waals surface area contributed by atoms with Crippen LogP contribution >= 0.6 is 0 Å². The molecule has 0 unspecified atom stereocenters. The van der Waals surface area contributed by atoms with Gasteiger partial charge in [-0.1, -0.05) is 6.07 Å². The lowest BCUT2D eigenvalue weighted by molar-refractivity contribution is 0.415. The van der Waals surface area contributed by atoms with Gasteiger partial charge in [-0.05, 0) is 35.9 Å². The Balaban J connectivity index is 1.71. The highest BCUT2D eigenvalue weighted by Gasteiger charge is 2.04. The Morgan fingerprint density at radius 3 is 2.95 bits per heavy atom. The number of H-pyrrole nitrogens is 1. The highest BCUT2D eigenvalue weighted by molar-refractivity contribution is 5.84. The van der Waals surface area contributed by atoms with Gasteiger partial charge in [0.05, 0.1) is 12.8 Å². The van der Waals surface area contributed by atoms with Crippen LogP contribution in [0.15, 0.2) is 48.8 Å². The molecule has 0 fully saturated rings. The molecule has 0 spiro atoms. The fourth-order valence-corrected chi connectivity index (χ4v) is 2.26. The quantitative estimate of drug-likeness (QED) is 0.747. The van der Waals surface area contributed by atoms with E-state index in [2.05, 4.69) is 21.4 Å². The number of methoxy groups -OCH3 is 1. The molecule has 0 radical (unpaired) electrons. The number of rotatable bonds is 5. The van der Waals surface area contributed by atoms with E-state index in [9.17, 15) is 0 Å². The first-order valence-corrected chi connectivity index (χ1v) is 6.61. The molecule has 102 valence electrons. The summed E-state index contributed by atoms with van der Waals surface area (Å²) < 4.78 is 5.28. The van der Waals surface area contributed by atoms with Gasteiger partial charge in [0.15, 0.2) is 0 Å². The zero-order chi connectivity index (χ0) is 13.8. The van der Waals surface area contributed by atoms with Crippen molar-refractivity contribution in [3.8, 4) is 5.75 Å². The van der Waals surface area contributed by atoms with Gasteiger partial charge in [0.1, 0.15) is 5.75 Å². The summed E-state index contributed by atoms with van der Waals surface area (Å²) in [5.74, 6) is 0.878. The standard InChI is InChI=1S/C16H17N3O/c1-20-14-5-6-16-15(8-14)12(10-19-16)9-17-11-13-4-2-3-7-18-13/h2-8,10,17,19H,9,11H2,1H3. The van der Waals surface area contributed by atoms with Crippen molar-refractivity contribution in [2.45, 2.75) is 13.1 Å². The number of nitrogens with one attached hydrogen (secondary N) is 2. The van der Waals surface area contributed by atoms with Gasteiger partial charge in [-0.3, -0.25) is 4.98 Å². The van der Waals surface area contributed by atoms with Crippen LogP contribution < -0.4 is 10.1 Å². The summed E-state index contributed by atoms with van der Waals surface area (Å²) in [6, 6.07) is 12.0. The molecule has 4 heteroatoms. The van der Waals surface area contributed by atoms with Gasteiger partial charge in [0, 0.05) is 36.4 Å². The summed E-state index contributed by atoms with van der Waals surface area (Å²) in [6.07, 6.45) is 3.85. The summed E-state index contributed by atoms with van der Waals surface area (Å²) in [5.41, 5.74) is 3.40. The van der Waals surface area contributed by atoms with Crippen LogP contribution in [0, 0.1) is 0 Å². The van der Waals surface area contributed by atoms with Crippen LogP contribution in [0.3, 0.4) is 0 Å². The Morgan fingerprint density at radius 2 is 2.15 bits per heavy atom. The van der Waals surface area contributed by atoms with E-state index in [1.54, 1.807) is 7.11 Å². The van der Waals surface area contributed by atoms with E-state index in [4.69, 9.17) is 4.74 Å². The van der Waals surface area contributed by atoms with E-state index in [-0.39, 0.29) is 0 Å². The molecule has 0 aliphatic heterocycles. The van der Waals surface area contributed by atoms with Crippen LogP contribution in [0.1, 0.15) is 11.3 Å². The van der Waals surface area contributed by atoms with Crippen molar-refractivity contribution in [2.75, 3.05) is 7.11 Å². The van der Waals surface area contributed by atoms with Crippen molar-refractivity contribution < 1.29 is 4.74 Å². The van der Waals surface area contributed by atoms with Crippen molar-refractivity contribution in [1.82, 2.24) is 15.3 Å². The second-order valence-electron chi connectivity index (χ2n) is 4.65. The van der Waals surface area contributed by atoms with Crippen molar-refractivity contribution in [3.63, 3.8) is 0 Å². The number of benzene rings is 1. The third-order valence-electron chi connectivity index (χ3n) is 3.32. The zero-order valence-corrected chi connectivity index (χ0v) is 11.4. The number of nitrogens with zero attached hydrogens (tertiary/aromatic N) is 1. The fourth-order valence-electron chi connectivity index (χ4n) is 2.26. The van der Waals surface area contributed by atoms with Crippen LogP contribution in [-0.2, 0) is 13.1 Å². The highest BCUT2D eigenvalue weighted by Crippen LogP contribution is 2.23. The molecule has 20 heavy (non-hydrogen) atoms. The lowest BCUT2D eigenvalue weighted by Crippen LogP contribution is -2.13. The molecular formula is C16H17N3O. The van der Waals surface area contributed by atoms with Crippen molar-refractivity contribution in [2.24, 2.45) is 0 Å². The van der Waals surface area contributed by atoms with Crippen LogP contribution in [0.4, 0.5) is 0 Å². The van der Waals surface area contributed by atoms with Gasteiger partial charge in [0.2, 0.25) is 0 Å². The van der Waals surface area contributed by atoms with Crippen LogP contribution in [-0.4, -0.2) is 17.1 Å². The summed E-state index contributed by atoms with van der Waals surface area (Å²) >= 11 is 0. The fraction of sp³-hybridized carbons (Fsp3) is 0.188. The molecule has 2 aromatic heterocycles. The zero-order valence-electron chi connectivity index (χ0n) is 11.4. The minimum atomic E-state index is 0.761. The highest BCUT2D eigenvalue weighted by atomic mass is 16.5. The van der Waals surface area contributed by atoms with Gasteiger partial charge < -0.3 is 15.0 Å². The van der Waals surface area contributed by atoms with Crippen molar-refractivity contribution in [1.29, 1.82) is 0 Å². The third-order valence-corrected chi connectivity index (χ3v) is 3.32. The first kappa shape index (κ1) is 12.7. The Labute approximate surface area is 117 Å². The first-order valence-electron chi connectivity index (χ1n) is 6.61. The minimum absolute atomic E-state index is 0.761. The lowest BCUT2D eigenvalue weighted by atomic mass is 10.1. The molecule has 3 aromatic rings. The van der Waals surface area contributed by atoms with Gasteiger partial charge in [-0.25, -0.2) is 0 Å². The number of ether oxygens (including phenoxy) is 1. The molecule has 3 rings (SSSR count). The molecular weight excluding hydrogens is 250 g/mol. The van der Waals surface area contributed by atoms with Crippen molar-refractivity contribution in [3.05, 3.63) is 60.0 Å². The lowest BCUT2D eigenvalue weighted by Gasteiger charge is -2.04. The van der Waals surface area contributed by atoms with Crippen LogP contribution in [0.5, 0.6) is 5.75 Å². The SMILES string of the molecule is COc1ccc2[nH]cc(CNCc3ccccn3)c2c1. The van der Waals surface area contributed by atoms with E-state index in [0.29, 0.717) is 0 Å². The molecule has 0 aliphatic carbocycles. The molecule has 1 aromatic carbocycles. The number of hydrogen-bond donors (Lipinski definition) is 2. The number of pyridine rings is 1. The molecule has 2 heterocycles. The minimum Gasteiger partial charge on any atom is -0.497 e. The number of hydrogen-bond acceptors (Lipinski definition) is 3. The summed E-state index contributed by atoms with van der Waals surface area (Å²) in [4.78, 5) is 7.57. The van der Waals surface area contributed by atoms with E-state index < -0.39 is 0 Å². The molecule has 0 saturated carbocycles. The van der Waals surface area contributed by atoms with Gasteiger partial charge in [-0.15, -0.1) is 0 Å². The summed E-state index contributed by atoms with van der Waals surface area (Å²) in [6.45, 7) is 1.56. The van der Waals surface area contributed by atoms with E-state index in [1.807, 2.05) is 42.7 Å². The average Bonchev–Trinajstić information content (AvgIpc) is 2.91. The Hall–Kier alpha value is -2.33. The first-order chi connectivity index (χ1) is 9.86.